The number of aromatic amines is 1. The van der Waals surface area contributed by atoms with Crippen molar-refractivity contribution in [1.29, 1.82) is 0 Å². The summed E-state index contributed by atoms with van der Waals surface area (Å²) in [5, 5.41) is 0. The number of benzene rings is 1. The van der Waals surface area contributed by atoms with Gasteiger partial charge in [-0.3, -0.25) is 4.79 Å². The van der Waals surface area contributed by atoms with Crippen molar-refractivity contribution in [2.24, 2.45) is 0 Å². The molecule has 0 atom stereocenters. The van der Waals surface area contributed by atoms with Crippen LogP contribution in [0.3, 0.4) is 0 Å². The molecular weight excluding hydrogens is 350 g/mol. The number of carbonyl (C=O) groups excluding carboxylic acids is 1. The third kappa shape index (κ3) is 3.17. The van der Waals surface area contributed by atoms with Gasteiger partial charge in [-0.05, 0) is 51.3 Å². The summed E-state index contributed by atoms with van der Waals surface area (Å²) in [6, 6.07) is 9.39. The van der Waals surface area contributed by atoms with E-state index in [2.05, 4.69) is 4.98 Å². The van der Waals surface area contributed by atoms with Gasteiger partial charge >= 0.3 is 0 Å². The molecule has 3 rings (SSSR count). The Morgan fingerprint density at radius 1 is 1.15 bits per heavy atom. The first-order valence-corrected chi connectivity index (χ1v) is 10.4. The molecule has 0 saturated carbocycles. The fraction of sp³-hybridized carbons (Fsp3) is 0.421. The molecule has 1 aliphatic rings. The molecular formula is C19H25N3O3S. The Hall–Kier alpha value is -2.12. The molecule has 1 aromatic heterocycles. The van der Waals surface area contributed by atoms with E-state index in [9.17, 15) is 13.2 Å². The highest BCUT2D eigenvalue weighted by Gasteiger charge is 2.34. The zero-order valence-corrected chi connectivity index (χ0v) is 16.3. The predicted octanol–water partition coefficient (Wildman–Crippen LogP) is 3.08. The number of para-hydroxylation sites is 1. The van der Waals surface area contributed by atoms with Crippen molar-refractivity contribution in [3.05, 3.63) is 47.3 Å². The Morgan fingerprint density at radius 3 is 2.35 bits per heavy atom. The second kappa shape index (κ2) is 7.25. The summed E-state index contributed by atoms with van der Waals surface area (Å²) >= 11 is 0. The van der Waals surface area contributed by atoms with Crippen LogP contribution in [-0.4, -0.2) is 43.2 Å². The van der Waals surface area contributed by atoms with E-state index in [1.807, 2.05) is 37.3 Å². The second-order valence-corrected chi connectivity index (χ2v) is 8.45. The van der Waals surface area contributed by atoms with Gasteiger partial charge in [0.2, 0.25) is 10.0 Å². The molecule has 2 aromatic rings. The normalized spacial score (nSPS) is 15.3. The van der Waals surface area contributed by atoms with Crippen molar-refractivity contribution < 1.29 is 13.2 Å². The largest absolute Gasteiger partial charge is 0.353 e. The lowest BCUT2D eigenvalue weighted by Crippen LogP contribution is -2.31. The van der Waals surface area contributed by atoms with Gasteiger partial charge in [0, 0.05) is 31.0 Å². The summed E-state index contributed by atoms with van der Waals surface area (Å²) in [5.74, 6) is -0.220. The van der Waals surface area contributed by atoms with Crippen LogP contribution in [-0.2, 0) is 10.0 Å². The summed E-state index contributed by atoms with van der Waals surface area (Å²) in [4.78, 5) is 18.0. The van der Waals surface area contributed by atoms with Crippen LogP contribution in [0.5, 0.6) is 0 Å². The van der Waals surface area contributed by atoms with Crippen molar-refractivity contribution >= 4 is 21.6 Å². The third-order valence-electron chi connectivity index (χ3n) is 4.87. The lowest BCUT2D eigenvalue weighted by Gasteiger charge is -2.21. The maximum absolute atomic E-state index is 13.1. The van der Waals surface area contributed by atoms with Gasteiger partial charge in [0.1, 0.15) is 10.6 Å². The van der Waals surface area contributed by atoms with Crippen LogP contribution < -0.4 is 4.90 Å². The third-order valence-corrected chi connectivity index (χ3v) is 7.05. The van der Waals surface area contributed by atoms with Crippen molar-refractivity contribution in [1.82, 2.24) is 9.29 Å². The van der Waals surface area contributed by atoms with Gasteiger partial charge in [-0.15, -0.1) is 0 Å². The molecule has 7 heteroatoms. The average Bonchev–Trinajstić information content (AvgIpc) is 3.25. The van der Waals surface area contributed by atoms with E-state index < -0.39 is 10.0 Å². The molecule has 140 valence electrons. The number of nitrogens with zero attached hydrogens (tertiary/aromatic N) is 2. The van der Waals surface area contributed by atoms with E-state index in [1.165, 1.54) is 4.31 Å². The van der Waals surface area contributed by atoms with E-state index in [0.717, 1.165) is 18.5 Å². The van der Waals surface area contributed by atoms with E-state index in [0.29, 0.717) is 36.6 Å². The van der Waals surface area contributed by atoms with Gasteiger partial charge in [0.25, 0.3) is 5.91 Å². The number of aromatic nitrogens is 1. The number of amides is 1. The highest BCUT2D eigenvalue weighted by atomic mass is 32.2. The highest BCUT2D eigenvalue weighted by molar-refractivity contribution is 7.89. The number of carbonyl (C=O) groups is 1. The first kappa shape index (κ1) is 18.7. The van der Waals surface area contributed by atoms with E-state index in [1.54, 1.807) is 18.7 Å². The topological polar surface area (TPSA) is 73.5 Å². The van der Waals surface area contributed by atoms with Gasteiger partial charge in [0.05, 0.1) is 0 Å². The van der Waals surface area contributed by atoms with Crippen molar-refractivity contribution in [3.63, 3.8) is 0 Å². The Morgan fingerprint density at radius 2 is 1.77 bits per heavy atom. The molecule has 1 fully saturated rings. The van der Waals surface area contributed by atoms with Crippen LogP contribution in [0.4, 0.5) is 5.69 Å². The van der Waals surface area contributed by atoms with E-state index >= 15 is 0 Å². The van der Waals surface area contributed by atoms with Gasteiger partial charge in [-0.1, -0.05) is 18.2 Å². The van der Waals surface area contributed by atoms with Crippen LogP contribution in [0.1, 0.15) is 41.5 Å². The number of anilines is 1. The average molecular weight is 375 g/mol. The molecule has 0 unspecified atom stereocenters. The second-order valence-electron chi connectivity index (χ2n) is 6.58. The monoisotopic (exact) mass is 375 g/mol. The number of rotatable bonds is 5. The Kier molecular flexibility index (Phi) is 5.20. The van der Waals surface area contributed by atoms with Crippen molar-refractivity contribution in [2.75, 3.05) is 24.5 Å². The Balaban J connectivity index is 2.01. The lowest BCUT2D eigenvalue weighted by molar-refractivity contribution is 0.0983. The quantitative estimate of drug-likeness (QED) is 0.873. The molecule has 1 aliphatic heterocycles. The summed E-state index contributed by atoms with van der Waals surface area (Å²) in [5.41, 5.74) is 2.14. The highest BCUT2D eigenvalue weighted by Crippen LogP contribution is 2.30. The minimum absolute atomic E-state index is 0.220. The lowest BCUT2D eigenvalue weighted by atomic mass is 10.2. The molecule has 0 aliphatic carbocycles. The van der Waals surface area contributed by atoms with Gasteiger partial charge < -0.3 is 9.88 Å². The fourth-order valence-corrected chi connectivity index (χ4v) is 5.50. The molecule has 1 N–H and O–H groups in total. The van der Waals surface area contributed by atoms with Crippen LogP contribution in [0.2, 0.25) is 0 Å². The molecule has 0 bridgehead atoms. The number of H-pyrrole nitrogens is 1. The van der Waals surface area contributed by atoms with Crippen LogP contribution in [0.25, 0.3) is 0 Å². The standard InChI is InChI=1S/C19H25N3O3S/c1-4-22(16-10-6-5-7-11-16)19(23)17-14(2)18(15(3)20-17)26(24,25)21-12-8-9-13-21/h5-7,10-11,20H,4,8-9,12-13H2,1-3H3. The summed E-state index contributed by atoms with van der Waals surface area (Å²) in [6.07, 6.45) is 1.76. The number of nitrogens with one attached hydrogen (secondary N) is 1. The molecule has 26 heavy (non-hydrogen) atoms. The molecule has 0 spiro atoms. The molecule has 1 amide bonds. The maximum atomic E-state index is 13.1. The summed E-state index contributed by atoms with van der Waals surface area (Å²) < 4.78 is 27.5. The predicted molar refractivity (Wildman–Crippen MR) is 102 cm³/mol. The van der Waals surface area contributed by atoms with Gasteiger partial charge in [-0.2, -0.15) is 4.31 Å². The van der Waals surface area contributed by atoms with Crippen LogP contribution >= 0.6 is 0 Å². The fourth-order valence-electron chi connectivity index (χ4n) is 3.58. The minimum Gasteiger partial charge on any atom is -0.353 e. The number of hydrogen-bond acceptors (Lipinski definition) is 3. The first-order valence-electron chi connectivity index (χ1n) is 8.94. The smallest absolute Gasteiger partial charge is 0.274 e. The number of aryl methyl sites for hydroxylation is 1. The molecule has 6 nitrogen and oxygen atoms in total. The molecule has 1 aromatic carbocycles. The van der Waals surface area contributed by atoms with Crippen molar-refractivity contribution in [2.45, 2.75) is 38.5 Å². The first-order chi connectivity index (χ1) is 12.4. The molecule has 1 saturated heterocycles. The SMILES string of the molecule is CCN(C(=O)c1[nH]c(C)c(S(=O)(=O)N2CCCC2)c1C)c1ccccc1. The van der Waals surface area contributed by atoms with E-state index in [-0.39, 0.29) is 10.8 Å². The van der Waals surface area contributed by atoms with Crippen LogP contribution in [0, 0.1) is 13.8 Å². The summed E-state index contributed by atoms with van der Waals surface area (Å²) in [6.45, 7) is 6.90. The van der Waals surface area contributed by atoms with Gasteiger partial charge in [-0.25, -0.2) is 8.42 Å². The zero-order valence-electron chi connectivity index (χ0n) is 15.4. The van der Waals surface area contributed by atoms with E-state index in [4.69, 9.17) is 0 Å². The maximum Gasteiger partial charge on any atom is 0.274 e. The van der Waals surface area contributed by atoms with Gasteiger partial charge in [0.15, 0.2) is 0 Å². The molecule has 0 radical (unpaired) electrons. The summed E-state index contributed by atoms with van der Waals surface area (Å²) in [7, 11) is -3.58. The Bertz CT molecular complexity index is 898. The number of sulfonamides is 1. The minimum atomic E-state index is -3.58. The Labute approximate surface area is 154 Å². The molecule has 2 heterocycles. The van der Waals surface area contributed by atoms with Crippen molar-refractivity contribution in [3.8, 4) is 0 Å². The zero-order chi connectivity index (χ0) is 18.9. The number of hydrogen-bond donors (Lipinski definition) is 1. The van der Waals surface area contributed by atoms with Crippen LogP contribution in [0.15, 0.2) is 35.2 Å².